The quantitative estimate of drug-likeness (QED) is 0.435. The lowest BCUT2D eigenvalue weighted by Gasteiger charge is -2.37. The maximum absolute atomic E-state index is 13.2. The van der Waals surface area contributed by atoms with Gasteiger partial charge in [0.1, 0.15) is 0 Å². The van der Waals surface area contributed by atoms with E-state index in [2.05, 4.69) is 67.3 Å². The van der Waals surface area contributed by atoms with Gasteiger partial charge in [-0.25, -0.2) is 4.79 Å². The Morgan fingerprint density at radius 2 is 1.94 bits per heavy atom. The molecule has 0 radical (unpaired) electrons. The van der Waals surface area contributed by atoms with Crippen LogP contribution in [-0.4, -0.2) is 41.1 Å². The molecule has 2 aromatic carbocycles. The van der Waals surface area contributed by atoms with Gasteiger partial charge in [0.2, 0.25) is 0 Å². The van der Waals surface area contributed by atoms with Crippen LogP contribution >= 0.6 is 0 Å². The van der Waals surface area contributed by atoms with Crippen molar-refractivity contribution >= 4 is 33.9 Å². The van der Waals surface area contributed by atoms with Gasteiger partial charge in [0.15, 0.2) is 0 Å². The summed E-state index contributed by atoms with van der Waals surface area (Å²) in [6, 6.07) is 15.9. The van der Waals surface area contributed by atoms with E-state index in [4.69, 9.17) is 0 Å². The van der Waals surface area contributed by atoms with E-state index >= 15 is 0 Å². The third-order valence-electron chi connectivity index (χ3n) is 6.49. The second-order valence-electron chi connectivity index (χ2n) is 9.83. The highest BCUT2D eigenvalue weighted by molar-refractivity contribution is 6.03. The SMILES string of the molecule is CCCCN(C(=O)Nc1ccc2[nH]cc(C3=CCN(C(C)(C)C)CC3)c2c1)c1ccccc1. The number of carbonyl (C=O) groups is 1. The molecule has 174 valence electrons. The fourth-order valence-electron chi connectivity index (χ4n) is 4.45. The van der Waals surface area contributed by atoms with Gasteiger partial charge in [-0.3, -0.25) is 9.80 Å². The van der Waals surface area contributed by atoms with Crippen molar-refractivity contribution in [1.29, 1.82) is 0 Å². The Hall–Kier alpha value is -3.05. The summed E-state index contributed by atoms with van der Waals surface area (Å²) >= 11 is 0. The predicted octanol–water partition coefficient (Wildman–Crippen LogP) is 6.89. The minimum absolute atomic E-state index is 0.0937. The van der Waals surface area contributed by atoms with E-state index < -0.39 is 0 Å². The molecule has 1 aliphatic rings. The van der Waals surface area contributed by atoms with Crippen LogP contribution in [0.25, 0.3) is 16.5 Å². The first-order chi connectivity index (χ1) is 15.9. The molecular formula is C28H36N4O. The topological polar surface area (TPSA) is 51.4 Å². The average Bonchev–Trinajstić information content (AvgIpc) is 3.23. The number of nitrogens with one attached hydrogen (secondary N) is 2. The van der Waals surface area contributed by atoms with Gasteiger partial charge in [-0.1, -0.05) is 37.6 Å². The number of anilines is 2. The molecule has 0 unspecified atom stereocenters. The van der Waals surface area contributed by atoms with Gasteiger partial charge in [0.05, 0.1) is 0 Å². The molecule has 33 heavy (non-hydrogen) atoms. The highest BCUT2D eigenvalue weighted by atomic mass is 16.2. The van der Waals surface area contributed by atoms with Crippen LogP contribution in [-0.2, 0) is 0 Å². The molecule has 1 aliphatic heterocycles. The number of H-pyrrole nitrogens is 1. The van der Waals surface area contributed by atoms with Crippen LogP contribution < -0.4 is 10.2 Å². The van der Waals surface area contributed by atoms with E-state index in [0.717, 1.165) is 54.6 Å². The third-order valence-corrected chi connectivity index (χ3v) is 6.49. The number of fused-ring (bicyclic) bond motifs is 1. The average molecular weight is 445 g/mol. The zero-order chi connectivity index (χ0) is 23.4. The Morgan fingerprint density at radius 3 is 2.61 bits per heavy atom. The van der Waals surface area contributed by atoms with Crippen LogP contribution in [0.2, 0.25) is 0 Å². The Balaban J connectivity index is 1.56. The zero-order valence-corrected chi connectivity index (χ0v) is 20.3. The molecule has 2 N–H and O–H groups in total. The minimum Gasteiger partial charge on any atom is -0.361 e. The molecule has 2 amide bonds. The summed E-state index contributed by atoms with van der Waals surface area (Å²) in [5, 5.41) is 4.29. The van der Waals surface area contributed by atoms with Gasteiger partial charge in [-0.2, -0.15) is 0 Å². The normalized spacial score (nSPS) is 14.8. The first-order valence-electron chi connectivity index (χ1n) is 12.1. The molecule has 1 aromatic heterocycles. The smallest absolute Gasteiger partial charge is 0.326 e. The Morgan fingerprint density at radius 1 is 1.15 bits per heavy atom. The number of unbranched alkanes of at least 4 members (excludes halogenated alkanes) is 1. The largest absolute Gasteiger partial charge is 0.361 e. The van der Waals surface area contributed by atoms with Crippen molar-refractivity contribution in [2.24, 2.45) is 0 Å². The number of amides is 2. The van der Waals surface area contributed by atoms with E-state index in [1.54, 1.807) is 0 Å². The van der Waals surface area contributed by atoms with Gasteiger partial charge in [-0.15, -0.1) is 0 Å². The minimum atomic E-state index is -0.0937. The number of aromatic amines is 1. The molecule has 3 aromatic rings. The summed E-state index contributed by atoms with van der Waals surface area (Å²) in [5.74, 6) is 0. The van der Waals surface area contributed by atoms with Crippen LogP contribution in [0.3, 0.4) is 0 Å². The molecule has 2 heterocycles. The maximum Gasteiger partial charge on any atom is 0.326 e. The Labute approximate surface area is 197 Å². The lowest BCUT2D eigenvalue weighted by Crippen LogP contribution is -2.43. The van der Waals surface area contributed by atoms with Crippen LogP contribution in [0.4, 0.5) is 16.2 Å². The molecule has 0 saturated heterocycles. The second-order valence-corrected chi connectivity index (χ2v) is 9.83. The molecule has 5 nitrogen and oxygen atoms in total. The van der Waals surface area contributed by atoms with Gasteiger partial charge >= 0.3 is 6.03 Å². The standard InChI is InChI=1S/C28H36N4O/c1-5-6-16-32(23-10-8-7-9-11-23)27(33)30-22-12-13-26-24(19-22)25(20-29-26)21-14-17-31(18-15-21)28(2,3)4/h7-14,19-20,29H,5-6,15-18H2,1-4H3,(H,30,33). The lowest BCUT2D eigenvalue weighted by molar-refractivity contribution is 0.153. The molecule has 0 aliphatic carbocycles. The number of carbonyl (C=O) groups excluding carboxylic acids is 1. The fourth-order valence-corrected chi connectivity index (χ4v) is 4.45. The van der Waals surface area contributed by atoms with Crippen LogP contribution in [0.15, 0.2) is 60.8 Å². The van der Waals surface area contributed by atoms with Crippen LogP contribution in [0.1, 0.15) is 52.5 Å². The van der Waals surface area contributed by atoms with Crippen LogP contribution in [0, 0.1) is 0 Å². The third kappa shape index (κ3) is 5.31. The first kappa shape index (κ1) is 23.1. The number of benzene rings is 2. The van der Waals surface area contributed by atoms with Crippen LogP contribution in [0.5, 0.6) is 0 Å². The number of hydrogen-bond donors (Lipinski definition) is 2. The molecule has 4 rings (SSSR count). The molecule has 0 bridgehead atoms. The second kappa shape index (κ2) is 9.84. The van der Waals surface area contributed by atoms with Gasteiger partial charge in [-0.05, 0) is 69.5 Å². The van der Waals surface area contributed by atoms with Crippen molar-refractivity contribution in [3.05, 3.63) is 66.4 Å². The maximum atomic E-state index is 13.2. The molecule has 0 saturated carbocycles. The number of nitrogens with zero attached hydrogens (tertiary/aromatic N) is 2. The number of para-hydroxylation sites is 1. The van der Waals surface area contributed by atoms with Gasteiger partial charge in [0, 0.05) is 59.2 Å². The molecule has 5 heteroatoms. The van der Waals surface area contributed by atoms with Crippen molar-refractivity contribution in [1.82, 2.24) is 9.88 Å². The van der Waals surface area contributed by atoms with E-state index in [1.807, 2.05) is 41.3 Å². The lowest BCUT2D eigenvalue weighted by atomic mass is 9.95. The van der Waals surface area contributed by atoms with E-state index in [-0.39, 0.29) is 11.6 Å². The van der Waals surface area contributed by atoms with Crippen molar-refractivity contribution in [3.63, 3.8) is 0 Å². The number of hydrogen-bond acceptors (Lipinski definition) is 2. The highest BCUT2D eigenvalue weighted by Crippen LogP contribution is 2.32. The summed E-state index contributed by atoms with van der Waals surface area (Å²) in [4.78, 5) is 20.9. The number of rotatable bonds is 6. The van der Waals surface area contributed by atoms with E-state index in [9.17, 15) is 4.79 Å². The molecule has 0 fully saturated rings. The van der Waals surface area contributed by atoms with Crippen molar-refractivity contribution < 1.29 is 4.79 Å². The summed E-state index contributed by atoms with van der Waals surface area (Å²) in [7, 11) is 0. The summed E-state index contributed by atoms with van der Waals surface area (Å²) in [6.45, 7) is 11.7. The van der Waals surface area contributed by atoms with Crippen molar-refractivity contribution in [2.45, 2.75) is 52.5 Å². The summed E-state index contributed by atoms with van der Waals surface area (Å²) in [5.41, 5.74) is 5.62. The van der Waals surface area contributed by atoms with Crippen molar-refractivity contribution in [3.8, 4) is 0 Å². The van der Waals surface area contributed by atoms with E-state index in [1.165, 1.54) is 11.1 Å². The number of urea groups is 1. The Kier molecular flexibility index (Phi) is 6.89. The molecule has 0 spiro atoms. The van der Waals surface area contributed by atoms with E-state index in [0.29, 0.717) is 6.54 Å². The molecule has 0 atom stereocenters. The number of aromatic nitrogens is 1. The Bertz CT molecular complexity index is 1120. The summed E-state index contributed by atoms with van der Waals surface area (Å²) < 4.78 is 0. The van der Waals surface area contributed by atoms with Gasteiger partial charge in [0.25, 0.3) is 0 Å². The van der Waals surface area contributed by atoms with Gasteiger partial charge < -0.3 is 10.3 Å². The fraction of sp³-hybridized carbons (Fsp3) is 0.393. The highest BCUT2D eigenvalue weighted by Gasteiger charge is 2.24. The molecular weight excluding hydrogens is 408 g/mol. The first-order valence-corrected chi connectivity index (χ1v) is 12.1. The monoisotopic (exact) mass is 444 g/mol. The zero-order valence-electron chi connectivity index (χ0n) is 20.3. The van der Waals surface area contributed by atoms with Crippen molar-refractivity contribution in [2.75, 3.05) is 29.9 Å². The summed E-state index contributed by atoms with van der Waals surface area (Å²) in [6.07, 6.45) is 7.48. The predicted molar refractivity (Wildman–Crippen MR) is 140 cm³/mol.